The van der Waals surface area contributed by atoms with Crippen LogP contribution in [0.5, 0.6) is 0 Å². The number of carboxylic acids is 1. The summed E-state index contributed by atoms with van der Waals surface area (Å²) in [4.78, 5) is 23.6. The number of unbranched alkanes of at least 4 members (excludes halogenated alkanes) is 1. The lowest BCUT2D eigenvalue weighted by Crippen LogP contribution is -2.43. The maximum Gasteiger partial charge on any atom is 0.303 e. The van der Waals surface area contributed by atoms with E-state index in [1.54, 1.807) is 0 Å². The van der Waals surface area contributed by atoms with E-state index in [4.69, 9.17) is 5.11 Å². The maximum atomic E-state index is 13.0. The van der Waals surface area contributed by atoms with Gasteiger partial charge in [-0.25, -0.2) is 0 Å². The normalized spacial score (nSPS) is 24.5. The largest absolute Gasteiger partial charge is 0.481 e. The van der Waals surface area contributed by atoms with Gasteiger partial charge in [-0.3, -0.25) is 9.59 Å². The molecule has 0 radical (unpaired) electrons. The van der Waals surface area contributed by atoms with Crippen molar-refractivity contribution < 1.29 is 14.7 Å². The summed E-state index contributed by atoms with van der Waals surface area (Å²) >= 11 is 0. The minimum atomic E-state index is -0.735. The molecule has 0 aliphatic heterocycles. The van der Waals surface area contributed by atoms with Crippen molar-refractivity contribution in [3.8, 4) is 11.1 Å². The molecule has 2 aliphatic carbocycles. The standard InChI is InChI=1S/C27H31NO3/c29-25(30)11-7-2-1-6-10-24-22-16-17-23(18-22)26(24)28-27(31)21-14-12-20(13-15-21)19-8-4-3-5-9-19/h1,3-6,8-9,12-15,22-24,26H,2,7,10-11,16-18H2,(H,28,31)(H,29,30)/t22-,23+,24+,26+/m0/s1. The number of carbonyl (C=O) groups excluding carboxylic acids is 1. The molecule has 162 valence electrons. The molecule has 0 heterocycles. The molecule has 4 rings (SSSR count). The predicted octanol–water partition coefficient (Wildman–Crippen LogP) is 5.70. The number of benzene rings is 2. The van der Waals surface area contributed by atoms with Crippen molar-refractivity contribution in [3.05, 3.63) is 72.3 Å². The Kier molecular flexibility index (Phi) is 6.86. The molecule has 1 amide bonds. The molecule has 0 spiro atoms. The number of hydrogen-bond donors (Lipinski definition) is 2. The fourth-order valence-electron chi connectivity index (χ4n) is 5.40. The Morgan fingerprint density at radius 2 is 1.65 bits per heavy atom. The van der Waals surface area contributed by atoms with Gasteiger partial charge in [0.25, 0.3) is 5.91 Å². The lowest BCUT2D eigenvalue weighted by Gasteiger charge is -2.31. The van der Waals surface area contributed by atoms with E-state index in [0.717, 1.165) is 24.0 Å². The van der Waals surface area contributed by atoms with Gasteiger partial charge in [0.1, 0.15) is 0 Å². The van der Waals surface area contributed by atoms with E-state index in [1.807, 2.05) is 42.5 Å². The third-order valence-electron chi connectivity index (χ3n) is 6.98. The minimum Gasteiger partial charge on any atom is -0.481 e. The highest BCUT2D eigenvalue weighted by atomic mass is 16.4. The zero-order valence-corrected chi connectivity index (χ0v) is 17.9. The number of amides is 1. The van der Waals surface area contributed by atoms with E-state index in [9.17, 15) is 9.59 Å². The molecule has 2 saturated carbocycles. The molecular weight excluding hydrogens is 386 g/mol. The average Bonchev–Trinajstić information content (AvgIpc) is 3.39. The number of nitrogens with one attached hydrogen (secondary N) is 1. The Labute approximate surface area is 184 Å². The predicted molar refractivity (Wildman–Crippen MR) is 123 cm³/mol. The third-order valence-corrected chi connectivity index (χ3v) is 6.98. The van der Waals surface area contributed by atoms with Crippen LogP contribution in [0.2, 0.25) is 0 Å². The summed E-state index contributed by atoms with van der Waals surface area (Å²) in [5.41, 5.74) is 2.98. The van der Waals surface area contributed by atoms with Crippen LogP contribution in [0.25, 0.3) is 11.1 Å². The van der Waals surface area contributed by atoms with Crippen LogP contribution in [0.4, 0.5) is 0 Å². The summed E-state index contributed by atoms with van der Waals surface area (Å²) in [6, 6.07) is 18.3. The smallest absolute Gasteiger partial charge is 0.303 e. The number of carbonyl (C=O) groups is 2. The van der Waals surface area contributed by atoms with Gasteiger partial charge in [0.2, 0.25) is 0 Å². The number of carboxylic acid groups (broad SMARTS) is 1. The Hall–Kier alpha value is -2.88. The Morgan fingerprint density at radius 1 is 0.935 bits per heavy atom. The minimum absolute atomic E-state index is 0.0209. The van der Waals surface area contributed by atoms with Crippen LogP contribution in [0, 0.1) is 17.8 Å². The van der Waals surface area contributed by atoms with Crippen LogP contribution in [-0.2, 0) is 4.79 Å². The van der Waals surface area contributed by atoms with Crippen LogP contribution >= 0.6 is 0 Å². The molecule has 4 heteroatoms. The molecule has 2 aromatic rings. The molecule has 4 atom stereocenters. The number of fused-ring (bicyclic) bond motifs is 2. The van der Waals surface area contributed by atoms with E-state index < -0.39 is 5.97 Å². The van der Waals surface area contributed by atoms with Crippen LogP contribution in [0.15, 0.2) is 66.7 Å². The lowest BCUT2D eigenvalue weighted by molar-refractivity contribution is -0.137. The van der Waals surface area contributed by atoms with E-state index >= 15 is 0 Å². The van der Waals surface area contributed by atoms with Gasteiger partial charge in [-0.1, -0.05) is 54.6 Å². The first-order valence-electron chi connectivity index (χ1n) is 11.4. The first kappa shape index (κ1) is 21.4. The van der Waals surface area contributed by atoms with E-state index in [-0.39, 0.29) is 18.4 Å². The second-order valence-electron chi connectivity index (χ2n) is 8.93. The summed E-state index contributed by atoms with van der Waals surface area (Å²) in [5, 5.41) is 12.1. The second kappa shape index (κ2) is 9.95. The number of hydrogen-bond acceptors (Lipinski definition) is 2. The molecule has 2 aromatic carbocycles. The van der Waals surface area contributed by atoms with Gasteiger partial charge < -0.3 is 10.4 Å². The fourth-order valence-corrected chi connectivity index (χ4v) is 5.40. The molecule has 2 N–H and O–H groups in total. The Bertz CT molecular complexity index is 919. The highest BCUT2D eigenvalue weighted by Gasteiger charge is 2.47. The van der Waals surface area contributed by atoms with Crippen LogP contribution in [0.3, 0.4) is 0 Å². The van der Waals surface area contributed by atoms with E-state index in [2.05, 4.69) is 29.6 Å². The van der Waals surface area contributed by atoms with E-state index in [0.29, 0.717) is 29.7 Å². The van der Waals surface area contributed by atoms with Gasteiger partial charge in [-0.2, -0.15) is 0 Å². The van der Waals surface area contributed by atoms with Crippen molar-refractivity contribution in [3.63, 3.8) is 0 Å². The van der Waals surface area contributed by atoms with E-state index in [1.165, 1.54) is 19.3 Å². The van der Waals surface area contributed by atoms with Crippen LogP contribution in [-0.4, -0.2) is 23.0 Å². The van der Waals surface area contributed by atoms with Gasteiger partial charge in [0.15, 0.2) is 0 Å². The van der Waals surface area contributed by atoms with Crippen LogP contribution < -0.4 is 5.32 Å². The molecule has 4 nitrogen and oxygen atoms in total. The van der Waals surface area contributed by atoms with Crippen molar-refractivity contribution >= 4 is 11.9 Å². The van der Waals surface area contributed by atoms with Crippen molar-refractivity contribution in [2.75, 3.05) is 0 Å². The SMILES string of the molecule is O=C(O)CCCC=CC[C@@H]1[C@H]2CC[C@H](C2)[C@H]1NC(=O)c1ccc(-c2ccccc2)cc1. The van der Waals surface area contributed by atoms with Crippen molar-refractivity contribution in [2.24, 2.45) is 17.8 Å². The number of allylic oxidation sites excluding steroid dienone is 2. The Morgan fingerprint density at radius 3 is 2.39 bits per heavy atom. The molecule has 0 saturated heterocycles. The fraction of sp³-hybridized carbons (Fsp3) is 0.407. The van der Waals surface area contributed by atoms with Crippen molar-refractivity contribution in [1.29, 1.82) is 0 Å². The summed E-state index contributed by atoms with van der Waals surface area (Å²) in [5.74, 6) is 1.05. The third kappa shape index (κ3) is 5.25. The quantitative estimate of drug-likeness (QED) is 0.406. The molecular formula is C27H31NO3. The van der Waals surface area contributed by atoms with Crippen molar-refractivity contribution in [1.82, 2.24) is 5.32 Å². The maximum absolute atomic E-state index is 13.0. The summed E-state index contributed by atoms with van der Waals surface area (Å²) in [6.45, 7) is 0. The number of aliphatic carboxylic acids is 1. The lowest BCUT2D eigenvalue weighted by atomic mass is 9.82. The van der Waals surface area contributed by atoms with Gasteiger partial charge in [-0.15, -0.1) is 0 Å². The molecule has 0 unspecified atom stereocenters. The average molecular weight is 418 g/mol. The zero-order chi connectivity index (χ0) is 21.6. The molecule has 2 aliphatic rings. The van der Waals surface area contributed by atoms with Gasteiger partial charge in [0.05, 0.1) is 0 Å². The highest BCUT2D eigenvalue weighted by molar-refractivity contribution is 5.95. The van der Waals surface area contributed by atoms with Gasteiger partial charge in [0, 0.05) is 18.0 Å². The molecule has 31 heavy (non-hydrogen) atoms. The van der Waals surface area contributed by atoms with Gasteiger partial charge >= 0.3 is 5.97 Å². The van der Waals surface area contributed by atoms with Crippen molar-refractivity contribution in [2.45, 2.75) is 51.0 Å². The van der Waals surface area contributed by atoms with Crippen LogP contribution in [0.1, 0.15) is 55.3 Å². The monoisotopic (exact) mass is 417 g/mol. The topological polar surface area (TPSA) is 66.4 Å². The second-order valence-corrected chi connectivity index (χ2v) is 8.93. The molecule has 2 bridgehead atoms. The summed E-state index contributed by atoms with van der Waals surface area (Å²) in [7, 11) is 0. The zero-order valence-electron chi connectivity index (χ0n) is 17.9. The first-order chi connectivity index (χ1) is 15.1. The summed E-state index contributed by atoms with van der Waals surface area (Å²) < 4.78 is 0. The molecule has 2 fully saturated rings. The molecule has 0 aromatic heterocycles. The number of rotatable bonds is 9. The Balaban J connectivity index is 1.35. The summed E-state index contributed by atoms with van der Waals surface area (Å²) in [6.07, 6.45) is 10.7. The van der Waals surface area contributed by atoms with Gasteiger partial charge in [-0.05, 0) is 79.5 Å². The first-order valence-corrected chi connectivity index (χ1v) is 11.4. The highest BCUT2D eigenvalue weighted by Crippen LogP contribution is 2.50.